The summed E-state index contributed by atoms with van der Waals surface area (Å²) in [5, 5.41) is 19.7. The van der Waals surface area contributed by atoms with Gasteiger partial charge in [0, 0.05) is 12.6 Å². The van der Waals surface area contributed by atoms with Crippen LogP contribution in [0.4, 0.5) is 41.2 Å². The Bertz CT molecular complexity index is 1720. The maximum atomic E-state index is 14.1. The van der Waals surface area contributed by atoms with E-state index in [0.29, 0.717) is 23.3 Å². The first-order valence-electron chi connectivity index (χ1n) is 14.1. The molecule has 0 saturated carbocycles. The molecule has 2 atom stereocenters. The van der Waals surface area contributed by atoms with Crippen LogP contribution in [0.3, 0.4) is 0 Å². The lowest BCUT2D eigenvalue weighted by atomic mass is 9.81. The van der Waals surface area contributed by atoms with Crippen molar-refractivity contribution in [1.82, 2.24) is 9.88 Å². The zero-order valence-electron chi connectivity index (χ0n) is 25.7. The average molecular weight is 670 g/mol. The standard InChI is InChI=1S/C32H30F7N3O5/c1-16-10-20(33)6-7-21(16)22-14-23(24-8-9-30(4,27(44)45)42(24)28(46)47)40-15-25(22)41(5)26(43)29(2,3)17-11-18(31(34,35)36)13-19(12-17)32(37,38)39/h6-7,10-15,24H,8-9H2,1-5H3,(H,44,45)(H,46,47)/t24-,30-/m0/s1. The molecule has 1 aliphatic rings. The number of hydrogen-bond acceptors (Lipinski definition) is 4. The Hall–Kier alpha value is -4.69. The Morgan fingerprint density at radius 2 is 1.47 bits per heavy atom. The Morgan fingerprint density at radius 1 is 0.915 bits per heavy atom. The van der Waals surface area contributed by atoms with Crippen LogP contribution in [-0.4, -0.2) is 50.7 Å². The van der Waals surface area contributed by atoms with Crippen LogP contribution in [0, 0.1) is 12.7 Å². The number of pyridine rings is 1. The van der Waals surface area contributed by atoms with E-state index in [0.717, 1.165) is 15.9 Å². The van der Waals surface area contributed by atoms with Gasteiger partial charge in [-0.05, 0) is 93.6 Å². The number of nitrogens with zero attached hydrogens (tertiary/aromatic N) is 3. The molecule has 252 valence electrons. The van der Waals surface area contributed by atoms with Gasteiger partial charge in [-0.15, -0.1) is 0 Å². The van der Waals surface area contributed by atoms with Gasteiger partial charge in [0.2, 0.25) is 5.91 Å². The molecule has 1 fully saturated rings. The second-order valence-corrected chi connectivity index (χ2v) is 12.2. The topological polar surface area (TPSA) is 111 Å². The minimum absolute atomic E-state index is 0.0189. The van der Waals surface area contributed by atoms with Crippen LogP contribution in [0.15, 0.2) is 48.7 Å². The van der Waals surface area contributed by atoms with Crippen molar-refractivity contribution in [2.24, 2.45) is 0 Å². The summed E-state index contributed by atoms with van der Waals surface area (Å²) in [7, 11) is 1.24. The van der Waals surface area contributed by atoms with Crippen LogP contribution in [-0.2, 0) is 27.4 Å². The van der Waals surface area contributed by atoms with Crippen LogP contribution in [0.1, 0.15) is 67.6 Å². The van der Waals surface area contributed by atoms with Gasteiger partial charge in [-0.25, -0.2) is 14.0 Å². The number of benzene rings is 2. The highest BCUT2D eigenvalue weighted by Crippen LogP contribution is 2.45. The fraction of sp³-hybridized carbons (Fsp3) is 0.375. The summed E-state index contributed by atoms with van der Waals surface area (Å²) in [5.41, 5.74) is -6.43. The third-order valence-electron chi connectivity index (χ3n) is 8.65. The summed E-state index contributed by atoms with van der Waals surface area (Å²) in [4.78, 5) is 44.3. The summed E-state index contributed by atoms with van der Waals surface area (Å²) in [5.74, 6) is -2.89. The van der Waals surface area contributed by atoms with E-state index < -0.39 is 69.8 Å². The molecule has 2 aromatic carbocycles. The fourth-order valence-electron chi connectivity index (χ4n) is 5.87. The lowest BCUT2D eigenvalue weighted by molar-refractivity contribution is -0.148. The van der Waals surface area contributed by atoms with E-state index in [1.807, 2.05) is 0 Å². The van der Waals surface area contributed by atoms with Gasteiger partial charge < -0.3 is 15.1 Å². The summed E-state index contributed by atoms with van der Waals surface area (Å²) in [6.45, 7) is 5.15. The molecule has 0 bridgehead atoms. The first kappa shape index (κ1) is 35.2. The first-order valence-corrected chi connectivity index (χ1v) is 14.1. The number of alkyl halides is 6. The van der Waals surface area contributed by atoms with Crippen molar-refractivity contribution in [3.63, 3.8) is 0 Å². The van der Waals surface area contributed by atoms with Crippen molar-refractivity contribution < 1.29 is 55.3 Å². The number of aryl methyl sites for hydroxylation is 1. The third-order valence-corrected chi connectivity index (χ3v) is 8.65. The molecular formula is C32H30F7N3O5. The molecule has 2 heterocycles. The second-order valence-electron chi connectivity index (χ2n) is 12.2. The van der Waals surface area contributed by atoms with E-state index in [9.17, 15) is 55.3 Å². The summed E-state index contributed by atoms with van der Waals surface area (Å²) in [6, 6.07) is 4.99. The number of carbonyl (C=O) groups excluding carboxylic acids is 1. The van der Waals surface area contributed by atoms with Crippen LogP contribution >= 0.6 is 0 Å². The summed E-state index contributed by atoms with van der Waals surface area (Å²) in [6.07, 6.45) is -10.6. The number of carbonyl (C=O) groups is 3. The van der Waals surface area contributed by atoms with Crippen molar-refractivity contribution in [3.8, 4) is 11.1 Å². The molecule has 1 aliphatic heterocycles. The Labute approximate surface area is 264 Å². The molecule has 15 heteroatoms. The third kappa shape index (κ3) is 6.47. The number of anilines is 1. The van der Waals surface area contributed by atoms with Gasteiger partial charge in [-0.3, -0.25) is 14.7 Å². The number of carboxylic acid groups (broad SMARTS) is 2. The normalized spacial score (nSPS) is 18.7. The van der Waals surface area contributed by atoms with Gasteiger partial charge in [0.25, 0.3) is 0 Å². The van der Waals surface area contributed by atoms with Crippen molar-refractivity contribution >= 4 is 23.7 Å². The van der Waals surface area contributed by atoms with E-state index in [1.54, 1.807) is 6.92 Å². The summed E-state index contributed by atoms with van der Waals surface area (Å²) < 4.78 is 95.8. The maximum Gasteiger partial charge on any atom is 0.416 e. The van der Waals surface area contributed by atoms with Crippen LogP contribution in [0.2, 0.25) is 0 Å². The van der Waals surface area contributed by atoms with Gasteiger partial charge in [-0.2, -0.15) is 26.3 Å². The maximum absolute atomic E-state index is 14.1. The van der Waals surface area contributed by atoms with Crippen molar-refractivity contribution in [2.45, 2.75) is 69.9 Å². The molecule has 0 spiro atoms. The van der Waals surface area contributed by atoms with Crippen molar-refractivity contribution in [3.05, 3.63) is 82.4 Å². The van der Waals surface area contributed by atoms with Gasteiger partial charge in [0.1, 0.15) is 11.4 Å². The molecule has 0 radical (unpaired) electrons. The molecule has 1 saturated heterocycles. The SMILES string of the molecule is Cc1cc(F)ccc1-c1cc([C@@H]2CC[C@@](C)(C(=O)O)N2C(=O)O)ncc1N(C)C(=O)C(C)(C)c1cc(C(F)(F)F)cc(C(F)(F)F)c1. The first-order chi connectivity index (χ1) is 21.5. The molecule has 0 aliphatic carbocycles. The second kappa shape index (κ2) is 11.8. The number of aliphatic carboxylic acids is 1. The summed E-state index contributed by atoms with van der Waals surface area (Å²) >= 11 is 0. The van der Waals surface area contributed by atoms with E-state index in [1.165, 1.54) is 52.2 Å². The van der Waals surface area contributed by atoms with Crippen LogP contribution < -0.4 is 4.90 Å². The Morgan fingerprint density at radius 3 is 1.96 bits per heavy atom. The molecule has 2 N–H and O–H groups in total. The molecule has 1 aromatic heterocycles. The van der Waals surface area contributed by atoms with Gasteiger partial charge in [-0.1, -0.05) is 6.07 Å². The zero-order valence-corrected chi connectivity index (χ0v) is 25.7. The van der Waals surface area contributed by atoms with E-state index in [4.69, 9.17) is 0 Å². The zero-order chi connectivity index (χ0) is 35.4. The molecule has 4 rings (SSSR count). The molecule has 3 aromatic rings. The highest BCUT2D eigenvalue weighted by molar-refractivity contribution is 6.03. The minimum Gasteiger partial charge on any atom is -0.480 e. The Balaban J connectivity index is 1.87. The molecule has 8 nitrogen and oxygen atoms in total. The average Bonchev–Trinajstić information content (AvgIpc) is 3.34. The molecular weight excluding hydrogens is 639 g/mol. The van der Waals surface area contributed by atoms with Crippen molar-refractivity contribution in [1.29, 1.82) is 0 Å². The van der Waals surface area contributed by atoms with E-state index >= 15 is 0 Å². The number of amides is 2. The molecule has 0 unspecified atom stereocenters. The van der Waals surface area contributed by atoms with Crippen LogP contribution in [0.25, 0.3) is 11.1 Å². The highest BCUT2D eigenvalue weighted by Gasteiger charge is 2.52. The largest absolute Gasteiger partial charge is 0.480 e. The number of rotatable bonds is 6. The van der Waals surface area contributed by atoms with Gasteiger partial charge in [0.15, 0.2) is 0 Å². The van der Waals surface area contributed by atoms with E-state index in [-0.39, 0.29) is 35.9 Å². The highest BCUT2D eigenvalue weighted by atomic mass is 19.4. The Kier molecular flexibility index (Phi) is 8.86. The minimum atomic E-state index is -5.14. The number of likely N-dealkylation sites (N-methyl/N-ethyl adjacent to an activating group) is 1. The fourth-order valence-corrected chi connectivity index (χ4v) is 5.87. The predicted molar refractivity (Wildman–Crippen MR) is 155 cm³/mol. The lowest BCUT2D eigenvalue weighted by Gasteiger charge is -2.34. The van der Waals surface area contributed by atoms with Gasteiger partial charge in [0.05, 0.1) is 40.2 Å². The van der Waals surface area contributed by atoms with Crippen molar-refractivity contribution in [2.75, 3.05) is 11.9 Å². The number of likely N-dealkylation sites (tertiary alicyclic amines) is 1. The number of carboxylic acids is 1. The smallest absolute Gasteiger partial charge is 0.416 e. The van der Waals surface area contributed by atoms with Crippen LogP contribution in [0.5, 0.6) is 0 Å². The predicted octanol–water partition coefficient (Wildman–Crippen LogP) is 7.83. The number of aromatic nitrogens is 1. The molecule has 47 heavy (non-hydrogen) atoms. The van der Waals surface area contributed by atoms with E-state index in [2.05, 4.69) is 4.98 Å². The van der Waals surface area contributed by atoms with Gasteiger partial charge >= 0.3 is 24.4 Å². The monoisotopic (exact) mass is 669 g/mol. The number of halogens is 7. The number of hydrogen-bond donors (Lipinski definition) is 2. The molecule has 2 amide bonds. The quantitative estimate of drug-likeness (QED) is 0.259. The lowest BCUT2D eigenvalue weighted by Crippen LogP contribution is -2.51.